The van der Waals surface area contributed by atoms with E-state index >= 15 is 0 Å². The minimum Gasteiger partial charge on any atom is -0.497 e. The highest BCUT2D eigenvalue weighted by molar-refractivity contribution is 6.06. The van der Waals surface area contributed by atoms with Gasteiger partial charge in [-0.2, -0.15) is 0 Å². The number of nitrogens with zero attached hydrogens (tertiary/aromatic N) is 3. The van der Waals surface area contributed by atoms with Crippen LogP contribution in [0.2, 0.25) is 0 Å². The maximum atomic E-state index is 12.8. The van der Waals surface area contributed by atoms with Crippen molar-refractivity contribution in [3.8, 4) is 5.75 Å². The van der Waals surface area contributed by atoms with Crippen LogP contribution in [0.1, 0.15) is 22.3 Å². The molecular formula is C18H21N3O2. The van der Waals surface area contributed by atoms with Crippen molar-refractivity contribution in [3.05, 3.63) is 47.7 Å². The number of fused-ring (bicyclic) bond motifs is 1. The number of aromatic nitrogens is 1. The second kappa shape index (κ2) is 6.28. The number of carbonyl (C=O) groups excluding carboxylic acids is 1. The first-order valence-corrected chi connectivity index (χ1v) is 7.72. The van der Waals surface area contributed by atoms with Gasteiger partial charge < -0.3 is 14.5 Å². The summed E-state index contributed by atoms with van der Waals surface area (Å²) < 4.78 is 5.28. The van der Waals surface area contributed by atoms with E-state index in [4.69, 9.17) is 4.74 Å². The van der Waals surface area contributed by atoms with Gasteiger partial charge in [-0.3, -0.25) is 4.79 Å². The number of benzene rings is 1. The van der Waals surface area contributed by atoms with E-state index < -0.39 is 0 Å². The number of rotatable bonds is 3. The van der Waals surface area contributed by atoms with Crippen LogP contribution in [0, 0.1) is 0 Å². The summed E-state index contributed by atoms with van der Waals surface area (Å²) in [5.74, 6) is 1.66. The molecule has 1 aromatic heterocycles. The summed E-state index contributed by atoms with van der Waals surface area (Å²) in [7, 11) is 5.52. The molecule has 2 aromatic rings. The average molecular weight is 311 g/mol. The summed E-state index contributed by atoms with van der Waals surface area (Å²) >= 11 is 0. The number of carbonyl (C=O) groups is 1. The smallest absolute Gasteiger partial charge is 0.259 e. The van der Waals surface area contributed by atoms with Gasteiger partial charge in [-0.25, -0.2) is 4.98 Å². The molecule has 0 unspecified atom stereocenters. The van der Waals surface area contributed by atoms with Crippen molar-refractivity contribution in [2.75, 3.05) is 37.5 Å². The van der Waals surface area contributed by atoms with Crippen molar-refractivity contribution >= 4 is 17.4 Å². The standard InChI is InChI=1S/C18H21N3O2/c1-20(2)17-9-6-14(12-19-17)18(22)21-10-4-5-13-11-15(23-3)7-8-16(13)21/h6-9,11-12H,4-5,10H2,1-3H3. The van der Waals surface area contributed by atoms with Gasteiger partial charge >= 0.3 is 0 Å². The molecule has 3 rings (SSSR count). The molecule has 120 valence electrons. The van der Waals surface area contributed by atoms with Crippen LogP contribution in [0.5, 0.6) is 5.75 Å². The predicted molar refractivity (Wildman–Crippen MR) is 91.6 cm³/mol. The molecule has 1 aromatic carbocycles. The van der Waals surface area contributed by atoms with Gasteiger partial charge in [-0.15, -0.1) is 0 Å². The van der Waals surface area contributed by atoms with E-state index in [9.17, 15) is 4.79 Å². The minimum absolute atomic E-state index is 0.00563. The second-order valence-electron chi connectivity index (χ2n) is 5.85. The molecule has 0 aliphatic carbocycles. The Bertz CT molecular complexity index is 711. The number of amides is 1. The van der Waals surface area contributed by atoms with E-state index in [-0.39, 0.29) is 5.91 Å². The lowest BCUT2D eigenvalue weighted by molar-refractivity contribution is 0.0984. The van der Waals surface area contributed by atoms with Crippen LogP contribution in [-0.2, 0) is 6.42 Å². The average Bonchev–Trinajstić information content (AvgIpc) is 2.60. The van der Waals surface area contributed by atoms with Gasteiger partial charge in [0, 0.05) is 32.5 Å². The van der Waals surface area contributed by atoms with Crippen LogP contribution in [0.3, 0.4) is 0 Å². The Morgan fingerprint density at radius 1 is 1.26 bits per heavy atom. The number of ether oxygens (including phenoxy) is 1. The highest BCUT2D eigenvalue weighted by Crippen LogP contribution is 2.31. The number of aryl methyl sites for hydroxylation is 1. The molecule has 0 bridgehead atoms. The normalized spacial score (nSPS) is 13.4. The molecule has 1 aliphatic heterocycles. The molecule has 0 radical (unpaired) electrons. The Morgan fingerprint density at radius 2 is 2.09 bits per heavy atom. The number of hydrogen-bond donors (Lipinski definition) is 0. The van der Waals surface area contributed by atoms with Gasteiger partial charge in [0.05, 0.1) is 12.7 Å². The molecule has 1 amide bonds. The molecule has 0 atom stereocenters. The monoisotopic (exact) mass is 311 g/mol. The molecule has 1 aliphatic rings. The second-order valence-corrected chi connectivity index (χ2v) is 5.85. The molecule has 0 N–H and O–H groups in total. The SMILES string of the molecule is COc1ccc2c(c1)CCCN2C(=O)c1ccc(N(C)C)nc1. The van der Waals surface area contributed by atoms with Gasteiger partial charge in [-0.05, 0) is 48.7 Å². The first kappa shape index (κ1) is 15.3. The maximum Gasteiger partial charge on any atom is 0.259 e. The van der Waals surface area contributed by atoms with Crippen molar-refractivity contribution in [2.45, 2.75) is 12.8 Å². The lowest BCUT2D eigenvalue weighted by Crippen LogP contribution is -2.35. The lowest BCUT2D eigenvalue weighted by atomic mass is 10.0. The van der Waals surface area contributed by atoms with Crippen molar-refractivity contribution in [1.82, 2.24) is 4.98 Å². The molecular weight excluding hydrogens is 290 g/mol. The summed E-state index contributed by atoms with van der Waals surface area (Å²) in [4.78, 5) is 20.9. The number of methoxy groups -OCH3 is 1. The fourth-order valence-electron chi connectivity index (χ4n) is 2.84. The summed E-state index contributed by atoms with van der Waals surface area (Å²) in [6.07, 6.45) is 3.57. The van der Waals surface area contributed by atoms with Crippen LogP contribution >= 0.6 is 0 Å². The topological polar surface area (TPSA) is 45.7 Å². The zero-order chi connectivity index (χ0) is 16.4. The Balaban J connectivity index is 1.89. The Labute approximate surface area is 136 Å². The third-order valence-electron chi connectivity index (χ3n) is 4.10. The zero-order valence-corrected chi connectivity index (χ0v) is 13.7. The third-order valence-corrected chi connectivity index (χ3v) is 4.10. The van der Waals surface area contributed by atoms with E-state index in [1.54, 1.807) is 13.3 Å². The Morgan fingerprint density at radius 3 is 2.74 bits per heavy atom. The van der Waals surface area contributed by atoms with E-state index in [0.717, 1.165) is 42.2 Å². The number of hydrogen-bond acceptors (Lipinski definition) is 4. The van der Waals surface area contributed by atoms with Crippen LogP contribution < -0.4 is 14.5 Å². The molecule has 0 saturated heterocycles. The fraction of sp³-hybridized carbons (Fsp3) is 0.333. The Kier molecular flexibility index (Phi) is 4.19. The molecule has 5 nitrogen and oxygen atoms in total. The van der Waals surface area contributed by atoms with Gasteiger partial charge in [0.1, 0.15) is 11.6 Å². The molecule has 5 heteroatoms. The summed E-state index contributed by atoms with van der Waals surface area (Å²) in [6, 6.07) is 9.58. The number of pyridine rings is 1. The van der Waals surface area contributed by atoms with Crippen LogP contribution in [0.25, 0.3) is 0 Å². The van der Waals surface area contributed by atoms with Gasteiger partial charge in [-0.1, -0.05) is 0 Å². The fourth-order valence-corrected chi connectivity index (χ4v) is 2.84. The van der Waals surface area contributed by atoms with Gasteiger partial charge in [0.25, 0.3) is 5.91 Å². The highest BCUT2D eigenvalue weighted by atomic mass is 16.5. The predicted octanol–water partition coefficient (Wildman–Crippen LogP) is 2.75. The highest BCUT2D eigenvalue weighted by Gasteiger charge is 2.24. The largest absolute Gasteiger partial charge is 0.497 e. The first-order chi connectivity index (χ1) is 11.1. The molecule has 23 heavy (non-hydrogen) atoms. The summed E-state index contributed by atoms with van der Waals surface area (Å²) in [5, 5.41) is 0. The van der Waals surface area contributed by atoms with Crippen molar-refractivity contribution in [2.24, 2.45) is 0 Å². The minimum atomic E-state index is -0.00563. The summed E-state index contributed by atoms with van der Waals surface area (Å²) in [5.41, 5.74) is 2.74. The zero-order valence-electron chi connectivity index (χ0n) is 13.7. The van der Waals surface area contributed by atoms with E-state index in [1.165, 1.54) is 0 Å². The maximum absolute atomic E-state index is 12.8. The van der Waals surface area contributed by atoms with E-state index in [2.05, 4.69) is 4.98 Å². The van der Waals surface area contributed by atoms with Crippen molar-refractivity contribution < 1.29 is 9.53 Å². The number of anilines is 2. The van der Waals surface area contributed by atoms with Crippen molar-refractivity contribution in [1.29, 1.82) is 0 Å². The molecule has 0 saturated carbocycles. The van der Waals surface area contributed by atoms with Crippen LogP contribution in [-0.4, -0.2) is 38.6 Å². The van der Waals surface area contributed by atoms with Crippen LogP contribution in [0.4, 0.5) is 11.5 Å². The van der Waals surface area contributed by atoms with Crippen LogP contribution in [0.15, 0.2) is 36.5 Å². The van der Waals surface area contributed by atoms with Gasteiger partial charge in [0.15, 0.2) is 0 Å². The quantitative estimate of drug-likeness (QED) is 0.874. The Hall–Kier alpha value is -2.56. The summed E-state index contributed by atoms with van der Waals surface area (Å²) in [6.45, 7) is 0.730. The van der Waals surface area contributed by atoms with Gasteiger partial charge in [0.2, 0.25) is 0 Å². The first-order valence-electron chi connectivity index (χ1n) is 7.72. The molecule has 0 fully saturated rings. The van der Waals surface area contributed by atoms with E-state index in [1.807, 2.05) is 54.2 Å². The van der Waals surface area contributed by atoms with Crippen molar-refractivity contribution in [3.63, 3.8) is 0 Å². The third kappa shape index (κ3) is 2.99. The lowest BCUT2D eigenvalue weighted by Gasteiger charge is -2.29. The molecule has 0 spiro atoms. The van der Waals surface area contributed by atoms with E-state index in [0.29, 0.717) is 5.56 Å². The molecule has 2 heterocycles.